The molecule has 2 aromatic rings. The molecule has 11 heteroatoms. The number of fused-ring (bicyclic) bond motifs is 1. The molecule has 0 saturated carbocycles. The molecule has 2 aliphatic rings. The van der Waals surface area contributed by atoms with Gasteiger partial charge in [-0.1, -0.05) is 58.6 Å². The molecule has 2 aliphatic heterocycles. The molecule has 1 N–H and O–H groups in total. The maximum Gasteiger partial charge on any atom is 0.331 e. The fourth-order valence-corrected chi connectivity index (χ4v) is 7.40. The molecule has 0 radical (unpaired) electrons. The topological polar surface area (TPSA) is 114 Å². The average molecular weight is 510 g/mol. The number of aliphatic carboxylic acids is 1. The van der Waals surface area contributed by atoms with E-state index in [1.54, 1.807) is 6.07 Å². The Labute approximate surface area is 203 Å². The molecule has 2 aromatic carbocycles. The third-order valence-electron chi connectivity index (χ3n) is 5.53. The summed E-state index contributed by atoms with van der Waals surface area (Å²) in [6.07, 6.45) is 0.301. The number of nitrogens with zero attached hydrogens (tertiary/aromatic N) is 3. The number of rotatable bonds is 6. The standard InChI is InChI=1S/C22H21Cl2N3O5S/c23-15-7-6-14(10-16(15)24)33-12-17(30-9-8-19(28)29)20(26-27-25)21-18(33)11-31-22(32-21)13-4-2-1-3-5-13/h1-10,17-18,20-22,33H,11-12H2,(H,28,29)/b9-8+/t17-,18+,20-,21-,22?/m0/s1. The lowest BCUT2D eigenvalue weighted by molar-refractivity contribution is -0.224. The van der Waals surface area contributed by atoms with Gasteiger partial charge in [0.15, 0.2) is 6.29 Å². The molecule has 2 saturated heterocycles. The zero-order valence-corrected chi connectivity index (χ0v) is 19.6. The fourth-order valence-electron chi connectivity index (χ4n) is 4.04. The van der Waals surface area contributed by atoms with Crippen LogP contribution in [-0.2, 0) is 19.0 Å². The predicted molar refractivity (Wildman–Crippen MR) is 127 cm³/mol. The minimum absolute atomic E-state index is 0.0870. The first-order valence-corrected chi connectivity index (χ1v) is 12.5. The second-order valence-corrected chi connectivity index (χ2v) is 10.8. The molecule has 6 atom stereocenters. The highest BCUT2D eigenvalue weighted by atomic mass is 35.5. The number of azide groups is 1. The highest BCUT2D eigenvalue weighted by Crippen LogP contribution is 2.52. The van der Waals surface area contributed by atoms with Crippen LogP contribution in [0.2, 0.25) is 10.0 Å². The van der Waals surface area contributed by atoms with Crippen LogP contribution >= 0.6 is 34.1 Å². The van der Waals surface area contributed by atoms with Crippen molar-refractivity contribution in [3.63, 3.8) is 0 Å². The van der Waals surface area contributed by atoms with Crippen LogP contribution in [0, 0.1) is 0 Å². The second kappa shape index (κ2) is 10.7. The van der Waals surface area contributed by atoms with Gasteiger partial charge in [-0.25, -0.2) is 15.7 Å². The minimum atomic E-state index is -1.14. The molecule has 0 spiro atoms. The molecule has 2 heterocycles. The number of carboxylic acids is 1. The molecule has 2 fully saturated rings. The van der Waals surface area contributed by atoms with Gasteiger partial charge in [0.1, 0.15) is 12.1 Å². The van der Waals surface area contributed by atoms with E-state index in [1.807, 2.05) is 42.5 Å². The fraction of sp³-hybridized carbons (Fsp3) is 0.318. The Morgan fingerprint density at radius 1 is 1.24 bits per heavy atom. The summed E-state index contributed by atoms with van der Waals surface area (Å²) in [7, 11) is -0.932. The summed E-state index contributed by atoms with van der Waals surface area (Å²) >= 11 is 12.4. The van der Waals surface area contributed by atoms with E-state index < -0.39 is 41.4 Å². The lowest BCUT2D eigenvalue weighted by atomic mass is 10.0. The maximum absolute atomic E-state index is 10.9. The Balaban J connectivity index is 1.69. The van der Waals surface area contributed by atoms with Crippen molar-refractivity contribution < 1.29 is 24.1 Å². The third kappa shape index (κ3) is 5.41. The molecule has 0 bridgehead atoms. The molecule has 2 unspecified atom stereocenters. The van der Waals surface area contributed by atoms with E-state index >= 15 is 0 Å². The Bertz CT molecular complexity index is 1080. The van der Waals surface area contributed by atoms with E-state index in [4.69, 9.17) is 42.5 Å². The zero-order chi connectivity index (χ0) is 23.4. The van der Waals surface area contributed by atoms with Crippen LogP contribution in [0.1, 0.15) is 11.9 Å². The van der Waals surface area contributed by atoms with Gasteiger partial charge in [0.05, 0.1) is 35.1 Å². The first-order valence-electron chi connectivity index (χ1n) is 10.1. The van der Waals surface area contributed by atoms with E-state index in [0.717, 1.165) is 22.8 Å². The average Bonchev–Trinajstić information content (AvgIpc) is 2.82. The predicted octanol–water partition coefficient (Wildman–Crippen LogP) is 5.51. The summed E-state index contributed by atoms with van der Waals surface area (Å²) < 4.78 is 18.2. The normalized spacial score (nSPS) is 30.2. The van der Waals surface area contributed by atoms with E-state index in [-0.39, 0.29) is 5.25 Å². The van der Waals surface area contributed by atoms with Gasteiger partial charge in [-0.3, -0.25) is 0 Å². The Kier molecular flexibility index (Phi) is 7.70. The minimum Gasteiger partial charge on any atom is -0.496 e. The lowest BCUT2D eigenvalue weighted by Crippen LogP contribution is -2.56. The van der Waals surface area contributed by atoms with Gasteiger partial charge < -0.3 is 19.3 Å². The second-order valence-electron chi connectivity index (χ2n) is 7.51. The molecule has 174 valence electrons. The number of thiol groups is 1. The van der Waals surface area contributed by atoms with Crippen LogP contribution in [0.25, 0.3) is 10.4 Å². The van der Waals surface area contributed by atoms with Crippen LogP contribution in [0.5, 0.6) is 0 Å². The van der Waals surface area contributed by atoms with Crippen LogP contribution in [0.3, 0.4) is 0 Å². The molecule has 0 amide bonds. The molecule has 4 rings (SSSR count). The van der Waals surface area contributed by atoms with Crippen LogP contribution in [-0.4, -0.2) is 46.9 Å². The quantitative estimate of drug-likeness (QED) is 0.133. The van der Waals surface area contributed by atoms with Gasteiger partial charge in [0.25, 0.3) is 0 Å². The van der Waals surface area contributed by atoms with Crippen molar-refractivity contribution in [3.8, 4) is 0 Å². The first kappa shape index (κ1) is 23.8. The molecule has 0 aromatic heterocycles. The highest BCUT2D eigenvalue weighted by Gasteiger charge is 2.49. The molecule has 33 heavy (non-hydrogen) atoms. The van der Waals surface area contributed by atoms with Crippen LogP contribution in [0.15, 0.2) is 70.9 Å². The van der Waals surface area contributed by atoms with E-state index in [2.05, 4.69) is 10.0 Å². The number of carbonyl (C=O) groups is 1. The van der Waals surface area contributed by atoms with Crippen molar-refractivity contribution >= 4 is 40.1 Å². The summed E-state index contributed by atoms with van der Waals surface area (Å²) in [6, 6.07) is 14.3. The maximum atomic E-state index is 10.9. The van der Waals surface area contributed by atoms with Crippen molar-refractivity contribution in [3.05, 3.63) is 86.9 Å². The van der Waals surface area contributed by atoms with Crippen molar-refractivity contribution in [2.24, 2.45) is 5.11 Å². The summed E-state index contributed by atoms with van der Waals surface area (Å²) in [5.41, 5.74) is 10.1. The van der Waals surface area contributed by atoms with E-state index in [1.165, 1.54) is 0 Å². The van der Waals surface area contributed by atoms with Crippen LogP contribution in [0.4, 0.5) is 0 Å². The first-order chi connectivity index (χ1) is 16.0. The van der Waals surface area contributed by atoms with Gasteiger partial charge in [-0.15, -0.1) is 0 Å². The number of benzene rings is 2. The molecule has 0 aliphatic carbocycles. The van der Waals surface area contributed by atoms with Crippen molar-refractivity contribution in [1.82, 2.24) is 0 Å². The Hall–Kier alpha value is -2.39. The van der Waals surface area contributed by atoms with Gasteiger partial charge in [0.2, 0.25) is 0 Å². The monoisotopic (exact) mass is 509 g/mol. The highest BCUT2D eigenvalue weighted by molar-refractivity contribution is 8.17. The third-order valence-corrected chi connectivity index (χ3v) is 9.21. The van der Waals surface area contributed by atoms with Crippen molar-refractivity contribution in [2.45, 2.75) is 34.7 Å². The molecular formula is C22H21Cl2N3O5S. The Morgan fingerprint density at radius 2 is 2.03 bits per heavy atom. The number of hydrogen-bond donors (Lipinski definition) is 2. The largest absolute Gasteiger partial charge is 0.496 e. The van der Waals surface area contributed by atoms with Crippen LogP contribution < -0.4 is 0 Å². The van der Waals surface area contributed by atoms with Crippen molar-refractivity contribution in [2.75, 3.05) is 12.4 Å². The number of carboxylic acid groups (broad SMARTS) is 1. The van der Waals surface area contributed by atoms with E-state index in [9.17, 15) is 10.3 Å². The molecule has 8 nitrogen and oxygen atoms in total. The summed E-state index contributed by atoms with van der Waals surface area (Å²) in [5.74, 6) is -0.632. The zero-order valence-electron chi connectivity index (χ0n) is 17.2. The molecular weight excluding hydrogens is 489 g/mol. The van der Waals surface area contributed by atoms with E-state index in [0.29, 0.717) is 22.4 Å². The Morgan fingerprint density at radius 3 is 2.73 bits per heavy atom. The van der Waals surface area contributed by atoms with Crippen molar-refractivity contribution in [1.29, 1.82) is 0 Å². The lowest BCUT2D eigenvalue weighted by Gasteiger charge is -2.50. The number of ether oxygens (including phenoxy) is 3. The van der Waals surface area contributed by atoms with Gasteiger partial charge in [-0.05, 0) is 28.6 Å². The van der Waals surface area contributed by atoms with Gasteiger partial charge >= 0.3 is 5.97 Å². The van der Waals surface area contributed by atoms with Gasteiger partial charge in [0, 0.05) is 21.5 Å². The number of hydrogen-bond acceptors (Lipinski definition) is 5. The van der Waals surface area contributed by atoms with Gasteiger partial charge in [-0.2, -0.15) is 0 Å². The number of halogens is 2. The SMILES string of the molecule is [N-]=[N+]=N[C@@H]1[C@H]2OC(c3ccccc3)OC[C@H]2[SH](c2ccc(Cl)c(Cl)c2)C[C@@H]1O/C=C/C(=O)O. The summed E-state index contributed by atoms with van der Waals surface area (Å²) in [4.78, 5) is 14.9. The summed E-state index contributed by atoms with van der Waals surface area (Å²) in [5, 5.41) is 13.7. The summed E-state index contributed by atoms with van der Waals surface area (Å²) in [6.45, 7) is 0.394. The smallest absolute Gasteiger partial charge is 0.331 e.